The van der Waals surface area contributed by atoms with Gasteiger partial charge < -0.3 is 4.90 Å². The van der Waals surface area contributed by atoms with Gasteiger partial charge in [0.25, 0.3) is 5.91 Å². The van der Waals surface area contributed by atoms with Crippen molar-refractivity contribution in [3.63, 3.8) is 0 Å². The topological polar surface area (TPSA) is 20.3 Å². The second kappa shape index (κ2) is 5.54. The van der Waals surface area contributed by atoms with E-state index in [1.807, 2.05) is 42.3 Å². The van der Waals surface area contributed by atoms with Crippen LogP contribution in [-0.4, -0.2) is 17.9 Å². The molecule has 0 bridgehead atoms. The fraction of sp³-hybridized carbons (Fsp3) is 0.190. The first-order valence-electron chi connectivity index (χ1n) is 8.08. The van der Waals surface area contributed by atoms with E-state index in [1.165, 1.54) is 11.1 Å². The quantitative estimate of drug-likeness (QED) is 0.677. The highest BCUT2D eigenvalue weighted by atomic mass is 16.2. The SMILES string of the molecule is CN(C(=O)c1ccc2ccccc2c1)C1CCc2ccccc21. The number of amides is 1. The van der Waals surface area contributed by atoms with Crippen molar-refractivity contribution in [2.45, 2.75) is 18.9 Å². The highest BCUT2D eigenvalue weighted by Crippen LogP contribution is 2.35. The lowest BCUT2D eigenvalue weighted by Crippen LogP contribution is -2.30. The number of hydrogen-bond donors (Lipinski definition) is 0. The van der Waals surface area contributed by atoms with Crippen molar-refractivity contribution < 1.29 is 4.79 Å². The predicted molar refractivity (Wildman–Crippen MR) is 93.5 cm³/mol. The van der Waals surface area contributed by atoms with Crippen LogP contribution in [0.1, 0.15) is 33.9 Å². The molecule has 0 saturated heterocycles. The molecule has 0 saturated carbocycles. The molecular weight excluding hydrogens is 282 g/mol. The van der Waals surface area contributed by atoms with Gasteiger partial charge in [-0.05, 0) is 46.9 Å². The third-order valence-corrected chi connectivity index (χ3v) is 4.89. The molecule has 2 heteroatoms. The van der Waals surface area contributed by atoms with E-state index in [0.29, 0.717) is 0 Å². The van der Waals surface area contributed by atoms with Crippen molar-refractivity contribution in [1.29, 1.82) is 0 Å². The van der Waals surface area contributed by atoms with E-state index < -0.39 is 0 Å². The zero-order valence-corrected chi connectivity index (χ0v) is 13.2. The molecule has 1 amide bonds. The Kier molecular flexibility index (Phi) is 3.38. The molecule has 0 radical (unpaired) electrons. The molecule has 114 valence electrons. The molecule has 0 spiro atoms. The summed E-state index contributed by atoms with van der Waals surface area (Å²) in [7, 11) is 1.92. The van der Waals surface area contributed by atoms with Crippen LogP contribution in [0.4, 0.5) is 0 Å². The lowest BCUT2D eigenvalue weighted by Gasteiger charge is -2.25. The molecule has 1 atom stereocenters. The molecule has 2 nitrogen and oxygen atoms in total. The third-order valence-electron chi connectivity index (χ3n) is 4.89. The standard InChI is InChI=1S/C21H19NO/c1-22(20-13-12-16-7-4-5-9-19(16)20)21(23)18-11-10-15-6-2-3-8-17(15)14-18/h2-11,14,20H,12-13H2,1H3. The summed E-state index contributed by atoms with van der Waals surface area (Å²) in [5, 5.41) is 2.27. The Morgan fingerprint density at radius 3 is 2.57 bits per heavy atom. The van der Waals surface area contributed by atoms with Crippen LogP contribution in [0, 0.1) is 0 Å². The minimum Gasteiger partial charge on any atom is -0.335 e. The Morgan fingerprint density at radius 1 is 0.957 bits per heavy atom. The monoisotopic (exact) mass is 301 g/mol. The van der Waals surface area contributed by atoms with Crippen LogP contribution in [0.5, 0.6) is 0 Å². The maximum absolute atomic E-state index is 12.9. The molecular formula is C21H19NO. The molecule has 1 unspecified atom stereocenters. The first kappa shape index (κ1) is 14.0. The molecule has 3 aromatic rings. The Balaban J connectivity index is 1.65. The van der Waals surface area contributed by atoms with E-state index in [-0.39, 0.29) is 11.9 Å². The molecule has 23 heavy (non-hydrogen) atoms. The number of benzene rings is 3. The summed E-state index contributed by atoms with van der Waals surface area (Å²) in [5.41, 5.74) is 3.43. The van der Waals surface area contributed by atoms with Gasteiger partial charge in [-0.3, -0.25) is 4.79 Å². The van der Waals surface area contributed by atoms with Gasteiger partial charge in [0.05, 0.1) is 6.04 Å². The summed E-state index contributed by atoms with van der Waals surface area (Å²) in [5.74, 6) is 0.0949. The van der Waals surface area contributed by atoms with Crippen molar-refractivity contribution in [2.24, 2.45) is 0 Å². The van der Waals surface area contributed by atoms with Crippen LogP contribution in [0.3, 0.4) is 0 Å². The van der Waals surface area contributed by atoms with Gasteiger partial charge in [0.2, 0.25) is 0 Å². The number of carbonyl (C=O) groups is 1. The van der Waals surface area contributed by atoms with Crippen molar-refractivity contribution in [1.82, 2.24) is 4.90 Å². The smallest absolute Gasteiger partial charge is 0.254 e. The van der Waals surface area contributed by atoms with Crippen molar-refractivity contribution in [3.05, 3.63) is 83.4 Å². The van der Waals surface area contributed by atoms with Crippen molar-refractivity contribution in [3.8, 4) is 0 Å². The van der Waals surface area contributed by atoms with E-state index in [4.69, 9.17) is 0 Å². The normalized spacial score (nSPS) is 16.3. The molecule has 1 aliphatic carbocycles. The predicted octanol–water partition coefficient (Wildman–Crippen LogP) is 4.60. The first-order valence-corrected chi connectivity index (χ1v) is 8.08. The number of fused-ring (bicyclic) bond motifs is 2. The van der Waals surface area contributed by atoms with Crippen LogP contribution in [0.25, 0.3) is 10.8 Å². The van der Waals surface area contributed by atoms with Crippen LogP contribution in [0.2, 0.25) is 0 Å². The molecule has 4 rings (SSSR count). The summed E-state index contributed by atoms with van der Waals surface area (Å²) >= 11 is 0. The third kappa shape index (κ3) is 2.40. The molecule has 0 aromatic heterocycles. The van der Waals surface area contributed by atoms with E-state index >= 15 is 0 Å². The van der Waals surface area contributed by atoms with Gasteiger partial charge in [-0.1, -0.05) is 54.6 Å². The minimum absolute atomic E-state index is 0.0949. The van der Waals surface area contributed by atoms with E-state index in [0.717, 1.165) is 29.2 Å². The maximum Gasteiger partial charge on any atom is 0.254 e. The number of carbonyl (C=O) groups excluding carboxylic acids is 1. The lowest BCUT2D eigenvalue weighted by molar-refractivity contribution is 0.0731. The molecule has 0 N–H and O–H groups in total. The summed E-state index contributed by atoms with van der Waals surface area (Å²) < 4.78 is 0. The van der Waals surface area contributed by atoms with Gasteiger partial charge >= 0.3 is 0 Å². The van der Waals surface area contributed by atoms with Crippen LogP contribution in [0.15, 0.2) is 66.7 Å². The number of aryl methyl sites for hydroxylation is 1. The van der Waals surface area contributed by atoms with E-state index in [1.54, 1.807) is 0 Å². The molecule has 0 aliphatic heterocycles. The Hall–Kier alpha value is -2.61. The highest BCUT2D eigenvalue weighted by molar-refractivity contribution is 5.98. The summed E-state index contributed by atoms with van der Waals surface area (Å²) in [6.45, 7) is 0. The van der Waals surface area contributed by atoms with Crippen LogP contribution < -0.4 is 0 Å². The number of nitrogens with zero attached hydrogens (tertiary/aromatic N) is 1. The summed E-state index contributed by atoms with van der Waals surface area (Å²) in [6, 6.07) is 22.7. The molecule has 1 aliphatic rings. The van der Waals surface area contributed by atoms with Gasteiger partial charge in [-0.25, -0.2) is 0 Å². The Bertz CT molecular complexity index is 884. The highest BCUT2D eigenvalue weighted by Gasteiger charge is 2.28. The molecule has 0 heterocycles. The molecule has 3 aromatic carbocycles. The first-order chi connectivity index (χ1) is 11.2. The Labute approximate surface area is 136 Å². The van der Waals surface area contributed by atoms with Gasteiger partial charge in [-0.15, -0.1) is 0 Å². The second-order valence-electron chi connectivity index (χ2n) is 6.23. The summed E-state index contributed by atoms with van der Waals surface area (Å²) in [4.78, 5) is 14.8. The zero-order valence-electron chi connectivity index (χ0n) is 13.2. The van der Waals surface area contributed by atoms with Gasteiger partial charge in [0, 0.05) is 12.6 Å². The van der Waals surface area contributed by atoms with Crippen LogP contribution >= 0.6 is 0 Å². The van der Waals surface area contributed by atoms with Gasteiger partial charge in [-0.2, -0.15) is 0 Å². The maximum atomic E-state index is 12.9. The van der Waals surface area contributed by atoms with Crippen molar-refractivity contribution >= 4 is 16.7 Å². The van der Waals surface area contributed by atoms with Crippen molar-refractivity contribution in [2.75, 3.05) is 7.05 Å². The largest absolute Gasteiger partial charge is 0.335 e. The van der Waals surface area contributed by atoms with Gasteiger partial charge in [0.15, 0.2) is 0 Å². The fourth-order valence-corrected chi connectivity index (χ4v) is 3.60. The lowest BCUT2D eigenvalue weighted by atomic mass is 10.0. The zero-order chi connectivity index (χ0) is 15.8. The van der Waals surface area contributed by atoms with Crippen LogP contribution in [-0.2, 0) is 6.42 Å². The summed E-state index contributed by atoms with van der Waals surface area (Å²) in [6.07, 6.45) is 2.06. The van der Waals surface area contributed by atoms with E-state index in [2.05, 4.69) is 36.4 Å². The minimum atomic E-state index is 0.0949. The van der Waals surface area contributed by atoms with E-state index in [9.17, 15) is 4.79 Å². The fourth-order valence-electron chi connectivity index (χ4n) is 3.60. The molecule has 0 fully saturated rings. The number of hydrogen-bond acceptors (Lipinski definition) is 1. The average Bonchev–Trinajstić information content (AvgIpc) is 3.04. The van der Waals surface area contributed by atoms with Gasteiger partial charge in [0.1, 0.15) is 0 Å². The number of rotatable bonds is 2. The second-order valence-corrected chi connectivity index (χ2v) is 6.23. The Morgan fingerprint density at radius 2 is 1.70 bits per heavy atom. The average molecular weight is 301 g/mol.